The molecule has 116 valence electrons. The quantitative estimate of drug-likeness (QED) is 0.855. The summed E-state index contributed by atoms with van der Waals surface area (Å²) in [6.07, 6.45) is 0.669. The van der Waals surface area contributed by atoms with Gasteiger partial charge in [-0.2, -0.15) is 0 Å². The Morgan fingerprint density at radius 1 is 1.10 bits per heavy atom. The molecule has 0 unspecified atom stereocenters. The number of hydrogen-bond acceptors (Lipinski definition) is 2. The first kappa shape index (κ1) is 19.5. The van der Waals surface area contributed by atoms with Crippen molar-refractivity contribution in [1.29, 1.82) is 0 Å². The van der Waals surface area contributed by atoms with Crippen LogP contribution in [0.3, 0.4) is 0 Å². The third-order valence-electron chi connectivity index (χ3n) is 3.40. The number of benzene rings is 1. The number of nitrogens with one attached hydrogen (secondary N) is 1. The van der Waals surface area contributed by atoms with E-state index in [0.29, 0.717) is 6.42 Å². The van der Waals surface area contributed by atoms with E-state index in [1.54, 1.807) is 0 Å². The molecule has 2 rings (SSSR count). The molecule has 20 heavy (non-hydrogen) atoms. The molecule has 0 aromatic heterocycles. The van der Waals surface area contributed by atoms with Crippen molar-refractivity contribution < 1.29 is 13.2 Å². The fraction of sp³-hybridized carbons (Fsp3) is 0.538. The van der Waals surface area contributed by atoms with Crippen LogP contribution in [0.5, 0.6) is 0 Å². The summed E-state index contributed by atoms with van der Waals surface area (Å²) >= 11 is 0. The monoisotopic (exact) mass is 330 g/mol. The molecule has 0 bridgehead atoms. The Hall–Kier alpha value is -0.490. The van der Waals surface area contributed by atoms with E-state index in [1.165, 1.54) is 6.07 Å². The zero-order valence-electron chi connectivity index (χ0n) is 11.2. The number of halogens is 5. The average molecular weight is 331 g/mol. The molecule has 1 aliphatic rings. The van der Waals surface area contributed by atoms with Gasteiger partial charge in [-0.15, -0.1) is 24.8 Å². The van der Waals surface area contributed by atoms with Crippen molar-refractivity contribution in [3.63, 3.8) is 0 Å². The molecule has 0 amide bonds. The Balaban J connectivity index is 0.00000180. The van der Waals surface area contributed by atoms with Crippen LogP contribution >= 0.6 is 24.8 Å². The predicted molar refractivity (Wildman–Crippen MR) is 78.3 cm³/mol. The summed E-state index contributed by atoms with van der Waals surface area (Å²) in [7, 11) is 0. The van der Waals surface area contributed by atoms with Crippen molar-refractivity contribution >= 4 is 24.8 Å². The van der Waals surface area contributed by atoms with Gasteiger partial charge in [0.25, 0.3) is 0 Å². The van der Waals surface area contributed by atoms with Gasteiger partial charge in [-0.1, -0.05) is 13.0 Å². The number of rotatable bonds is 3. The predicted octanol–water partition coefficient (Wildman–Crippen LogP) is 3.30. The van der Waals surface area contributed by atoms with Gasteiger partial charge in [-0.25, -0.2) is 13.2 Å². The average Bonchev–Trinajstić information content (AvgIpc) is 2.41. The second-order valence-electron chi connectivity index (χ2n) is 4.47. The van der Waals surface area contributed by atoms with Crippen LogP contribution in [0, 0.1) is 17.5 Å². The second-order valence-corrected chi connectivity index (χ2v) is 4.47. The number of nitrogens with zero attached hydrogens (tertiary/aromatic N) is 1. The van der Waals surface area contributed by atoms with Crippen LogP contribution in [-0.4, -0.2) is 31.1 Å². The van der Waals surface area contributed by atoms with E-state index in [9.17, 15) is 13.2 Å². The zero-order chi connectivity index (χ0) is 13.1. The van der Waals surface area contributed by atoms with Crippen molar-refractivity contribution in [2.75, 3.05) is 26.2 Å². The summed E-state index contributed by atoms with van der Waals surface area (Å²) in [5, 5.41) is 3.21. The SMILES string of the molecule is CC[C@@H](c1ccc(F)c(F)c1F)N1CCNCC1.Cl.Cl. The first-order valence-corrected chi connectivity index (χ1v) is 6.23. The molecule has 1 aliphatic heterocycles. The Bertz CT molecular complexity index is 426. The minimum atomic E-state index is -1.37. The van der Waals surface area contributed by atoms with Crippen LogP contribution in [0.15, 0.2) is 12.1 Å². The van der Waals surface area contributed by atoms with E-state index in [0.717, 1.165) is 32.2 Å². The summed E-state index contributed by atoms with van der Waals surface area (Å²) < 4.78 is 40.0. The van der Waals surface area contributed by atoms with Crippen LogP contribution in [0.4, 0.5) is 13.2 Å². The normalized spacial score (nSPS) is 17.0. The summed E-state index contributed by atoms with van der Waals surface area (Å²) in [4.78, 5) is 2.10. The van der Waals surface area contributed by atoms with Gasteiger partial charge in [0.2, 0.25) is 0 Å². The highest BCUT2D eigenvalue weighted by molar-refractivity contribution is 5.85. The fourth-order valence-electron chi connectivity index (χ4n) is 2.47. The Kier molecular flexibility index (Phi) is 8.51. The molecule has 7 heteroatoms. The van der Waals surface area contributed by atoms with E-state index in [4.69, 9.17) is 0 Å². The van der Waals surface area contributed by atoms with Crippen molar-refractivity contribution in [3.05, 3.63) is 35.1 Å². The molecule has 1 fully saturated rings. The molecule has 2 nitrogen and oxygen atoms in total. The van der Waals surface area contributed by atoms with Crippen LogP contribution in [0.2, 0.25) is 0 Å². The lowest BCUT2D eigenvalue weighted by molar-refractivity contribution is 0.165. The van der Waals surface area contributed by atoms with Crippen molar-refractivity contribution in [3.8, 4) is 0 Å². The number of piperazine rings is 1. The maximum atomic E-state index is 13.8. The molecule has 0 spiro atoms. The molecule has 1 saturated heterocycles. The molecule has 1 heterocycles. The van der Waals surface area contributed by atoms with E-state index in [2.05, 4.69) is 10.2 Å². The Labute approximate surface area is 129 Å². The minimum Gasteiger partial charge on any atom is -0.314 e. The van der Waals surface area contributed by atoms with Gasteiger partial charge in [0, 0.05) is 37.8 Å². The minimum absolute atomic E-state index is 0. The summed E-state index contributed by atoms with van der Waals surface area (Å²) in [5.41, 5.74) is 0.248. The topological polar surface area (TPSA) is 15.3 Å². The van der Waals surface area contributed by atoms with Crippen LogP contribution < -0.4 is 5.32 Å². The van der Waals surface area contributed by atoms with Gasteiger partial charge in [-0.3, -0.25) is 4.90 Å². The van der Waals surface area contributed by atoms with Crippen molar-refractivity contribution in [2.45, 2.75) is 19.4 Å². The van der Waals surface area contributed by atoms with E-state index in [-0.39, 0.29) is 36.4 Å². The van der Waals surface area contributed by atoms with Gasteiger partial charge in [0.05, 0.1) is 0 Å². The lowest BCUT2D eigenvalue weighted by Crippen LogP contribution is -2.45. The largest absolute Gasteiger partial charge is 0.314 e. The number of hydrogen-bond donors (Lipinski definition) is 1. The highest BCUT2D eigenvalue weighted by Crippen LogP contribution is 2.28. The van der Waals surface area contributed by atoms with Gasteiger partial charge in [0.15, 0.2) is 17.5 Å². The zero-order valence-corrected chi connectivity index (χ0v) is 12.8. The van der Waals surface area contributed by atoms with Crippen LogP contribution in [0.25, 0.3) is 0 Å². The van der Waals surface area contributed by atoms with Crippen LogP contribution in [-0.2, 0) is 0 Å². The summed E-state index contributed by atoms with van der Waals surface area (Å²) in [5.74, 6) is -3.56. The lowest BCUT2D eigenvalue weighted by atomic mass is 10.0. The van der Waals surface area contributed by atoms with E-state index >= 15 is 0 Å². The van der Waals surface area contributed by atoms with E-state index in [1.807, 2.05) is 6.92 Å². The first-order valence-electron chi connectivity index (χ1n) is 6.23. The highest BCUT2D eigenvalue weighted by Gasteiger charge is 2.25. The first-order chi connectivity index (χ1) is 8.65. The maximum Gasteiger partial charge on any atom is 0.194 e. The van der Waals surface area contributed by atoms with E-state index < -0.39 is 17.5 Å². The molecule has 1 aromatic carbocycles. The maximum absolute atomic E-state index is 13.8. The van der Waals surface area contributed by atoms with Gasteiger partial charge >= 0.3 is 0 Å². The molecular formula is C13H19Cl2F3N2. The smallest absolute Gasteiger partial charge is 0.194 e. The highest BCUT2D eigenvalue weighted by atomic mass is 35.5. The molecule has 0 saturated carbocycles. The summed E-state index contributed by atoms with van der Waals surface area (Å²) in [6.45, 7) is 5.17. The Morgan fingerprint density at radius 2 is 1.70 bits per heavy atom. The fourth-order valence-corrected chi connectivity index (χ4v) is 2.47. The van der Waals surface area contributed by atoms with Crippen molar-refractivity contribution in [2.24, 2.45) is 0 Å². The third kappa shape index (κ3) is 4.01. The van der Waals surface area contributed by atoms with Crippen LogP contribution in [0.1, 0.15) is 24.9 Å². The molecule has 0 aliphatic carbocycles. The lowest BCUT2D eigenvalue weighted by Gasteiger charge is -2.34. The molecular weight excluding hydrogens is 312 g/mol. The summed E-state index contributed by atoms with van der Waals surface area (Å²) in [6, 6.07) is 2.16. The standard InChI is InChI=1S/C13H17F3N2.2ClH/c1-2-11(18-7-5-17-6-8-18)9-3-4-10(14)13(16)12(9)15;;/h3-4,11,17H,2,5-8H2,1H3;2*1H/t11-;;/m0../s1. The third-order valence-corrected chi connectivity index (χ3v) is 3.40. The molecule has 1 N–H and O–H groups in total. The van der Waals surface area contributed by atoms with Gasteiger partial charge in [0.1, 0.15) is 0 Å². The van der Waals surface area contributed by atoms with Gasteiger partial charge < -0.3 is 5.32 Å². The molecule has 1 aromatic rings. The second kappa shape index (κ2) is 8.72. The molecule has 0 radical (unpaired) electrons. The molecule has 1 atom stereocenters. The Morgan fingerprint density at radius 3 is 2.25 bits per heavy atom. The van der Waals surface area contributed by atoms with Gasteiger partial charge in [-0.05, 0) is 12.5 Å². The van der Waals surface area contributed by atoms with Crippen molar-refractivity contribution in [1.82, 2.24) is 10.2 Å².